The maximum absolute atomic E-state index is 13.6. The average Bonchev–Trinajstić information content (AvgIpc) is 2.55. The molecular weight excluding hydrogens is 443 g/mol. The minimum atomic E-state index is -8.03. The molecule has 0 N–H and O–H groups in total. The van der Waals surface area contributed by atoms with E-state index in [-0.39, 0.29) is 6.42 Å². The molecule has 0 radical (unpaired) electrons. The Hall–Kier alpha value is -1.72. The van der Waals surface area contributed by atoms with Crippen LogP contribution in [-0.2, 0) is 4.79 Å². The lowest BCUT2D eigenvalue weighted by atomic mass is 9.90. The summed E-state index contributed by atoms with van der Waals surface area (Å²) in [6, 6.07) is 0. The molecule has 0 aromatic carbocycles. The predicted octanol–water partition coefficient (Wildman–Crippen LogP) is 6.59. The van der Waals surface area contributed by atoms with Gasteiger partial charge >= 0.3 is 35.8 Å². The quantitative estimate of drug-likeness (QED) is 0.166. The van der Waals surface area contributed by atoms with Crippen molar-refractivity contribution in [3.8, 4) is 0 Å². The largest absolute Gasteiger partial charge is 0.460 e. The lowest BCUT2D eigenvalue weighted by Crippen LogP contribution is -2.71. The number of rotatable bonds is 9. The standard InChI is InChI=1S/C15H13F13O/c1-3-4-5-6-7-8(2)9(29)10(16,17)11(18,19)12(20,21)13(22,23)14(24,25)15(26,27)28/h6H,3-5H2,1-2H3. The highest BCUT2D eigenvalue weighted by Crippen LogP contribution is 2.60. The first-order chi connectivity index (χ1) is 12.6. The molecule has 0 aromatic heterocycles. The molecule has 0 atom stereocenters. The molecule has 0 aromatic rings. The van der Waals surface area contributed by atoms with Gasteiger partial charge in [-0.15, -0.1) is 5.73 Å². The molecule has 0 bridgehead atoms. The second-order valence-electron chi connectivity index (χ2n) is 5.81. The number of Topliss-reactive ketones (excluding diaryl/α,β-unsaturated/α-hetero) is 1. The van der Waals surface area contributed by atoms with E-state index in [0.29, 0.717) is 19.8 Å². The molecule has 0 fully saturated rings. The summed E-state index contributed by atoms with van der Waals surface area (Å²) < 4.78 is 168. The van der Waals surface area contributed by atoms with E-state index in [0.717, 1.165) is 6.08 Å². The first-order valence-corrected chi connectivity index (χ1v) is 7.56. The Bertz CT molecular complexity index is 666. The third-order valence-corrected chi connectivity index (χ3v) is 3.58. The average molecular weight is 456 g/mol. The Balaban J connectivity index is 6.30. The molecule has 0 aliphatic rings. The number of carbonyl (C=O) groups is 1. The van der Waals surface area contributed by atoms with Crippen molar-refractivity contribution in [3.63, 3.8) is 0 Å². The molecule has 0 saturated carbocycles. The summed E-state index contributed by atoms with van der Waals surface area (Å²) in [5, 5.41) is 0. The number of halogens is 13. The van der Waals surface area contributed by atoms with Crippen LogP contribution >= 0.6 is 0 Å². The Morgan fingerprint density at radius 3 is 1.55 bits per heavy atom. The number of hydrogen-bond donors (Lipinski definition) is 0. The Kier molecular flexibility index (Phi) is 7.71. The number of alkyl halides is 13. The molecule has 0 saturated heterocycles. The van der Waals surface area contributed by atoms with Crippen molar-refractivity contribution in [2.24, 2.45) is 0 Å². The van der Waals surface area contributed by atoms with E-state index in [2.05, 4.69) is 0 Å². The number of unbranched alkanes of at least 4 members (excludes halogenated alkanes) is 2. The number of ketones is 1. The van der Waals surface area contributed by atoms with Crippen molar-refractivity contribution < 1.29 is 61.9 Å². The van der Waals surface area contributed by atoms with Crippen LogP contribution in [0.4, 0.5) is 57.1 Å². The highest BCUT2D eigenvalue weighted by Gasteiger charge is 2.91. The highest BCUT2D eigenvalue weighted by molar-refractivity contribution is 6.01. The fraction of sp³-hybridized carbons (Fsp3) is 0.733. The van der Waals surface area contributed by atoms with Gasteiger partial charge in [0.2, 0.25) is 5.78 Å². The lowest BCUT2D eigenvalue weighted by Gasteiger charge is -2.39. The predicted molar refractivity (Wildman–Crippen MR) is 72.6 cm³/mol. The van der Waals surface area contributed by atoms with Crippen LogP contribution in [0.5, 0.6) is 0 Å². The second kappa shape index (κ2) is 8.19. The van der Waals surface area contributed by atoms with E-state index in [4.69, 9.17) is 0 Å². The van der Waals surface area contributed by atoms with E-state index in [9.17, 15) is 61.9 Å². The van der Waals surface area contributed by atoms with Gasteiger partial charge in [-0.3, -0.25) is 4.79 Å². The number of allylic oxidation sites excluding steroid dienone is 1. The Labute approximate surface area is 155 Å². The van der Waals surface area contributed by atoms with Crippen LogP contribution in [0.1, 0.15) is 33.1 Å². The summed E-state index contributed by atoms with van der Waals surface area (Å²) >= 11 is 0. The van der Waals surface area contributed by atoms with Crippen LogP contribution in [0.25, 0.3) is 0 Å². The van der Waals surface area contributed by atoms with Gasteiger partial charge in [0.15, 0.2) is 0 Å². The third kappa shape index (κ3) is 4.41. The van der Waals surface area contributed by atoms with Crippen LogP contribution in [-0.4, -0.2) is 41.6 Å². The fourth-order valence-electron chi connectivity index (χ4n) is 1.74. The van der Waals surface area contributed by atoms with Crippen molar-refractivity contribution >= 4 is 5.78 Å². The van der Waals surface area contributed by atoms with Gasteiger partial charge in [0, 0.05) is 5.57 Å². The molecule has 0 amide bonds. The van der Waals surface area contributed by atoms with Crippen LogP contribution in [0.15, 0.2) is 17.4 Å². The van der Waals surface area contributed by atoms with Crippen molar-refractivity contribution in [2.45, 2.75) is 68.9 Å². The Morgan fingerprint density at radius 2 is 1.17 bits per heavy atom. The van der Waals surface area contributed by atoms with Crippen LogP contribution in [0, 0.1) is 0 Å². The number of carbonyl (C=O) groups excluding carboxylic acids is 1. The van der Waals surface area contributed by atoms with Gasteiger partial charge in [-0.1, -0.05) is 13.3 Å². The molecule has 0 unspecified atom stereocenters. The molecule has 0 rings (SSSR count). The minimum Gasteiger partial charge on any atom is -0.287 e. The summed E-state index contributed by atoms with van der Waals surface area (Å²) in [4.78, 5) is 11.4. The summed E-state index contributed by atoms with van der Waals surface area (Å²) in [6.07, 6.45) is -5.62. The summed E-state index contributed by atoms with van der Waals surface area (Å²) in [5.74, 6) is -41.4. The summed E-state index contributed by atoms with van der Waals surface area (Å²) in [6.45, 7) is 2.03. The molecule has 0 aliphatic carbocycles. The molecule has 0 heterocycles. The van der Waals surface area contributed by atoms with Gasteiger partial charge in [0.1, 0.15) is 0 Å². The van der Waals surface area contributed by atoms with Gasteiger partial charge in [-0.05, 0) is 25.8 Å². The maximum Gasteiger partial charge on any atom is 0.460 e. The van der Waals surface area contributed by atoms with E-state index in [1.807, 2.05) is 0 Å². The van der Waals surface area contributed by atoms with E-state index in [1.165, 1.54) is 0 Å². The van der Waals surface area contributed by atoms with E-state index < -0.39 is 47.1 Å². The SMILES string of the molecule is CCCCC=C=C(C)C(=O)C(F)(F)C(F)(F)C(F)(F)C(F)(F)C(F)(F)C(F)(F)F. The molecule has 170 valence electrons. The number of hydrogen-bond acceptors (Lipinski definition) is 1. The van der Waals surface area contributed by atoms with Crippen LogP contribution in [0.2, 0.25) is 0 Å². The third-order valence-electron chi connectivity index (χ3n) is 3.58. The van der Waals surface area contributed by atoms with Gasteiger partial charge in [-0.25, -0.2) is 0 Å². The molecule has 29 heavy (non-hydrogen) atoms. The Morgan fingerprint density at radius 1 is 0.759 bits per heavy atom. The zero-order valence-corrected chi connectivity index (χ0v) is 14.5. The van der Waals surface area contributed by atoms with Crippen molar-refractivity contribution in [1.29, 1.82) is 0 Å². The van der Waals surface area contributed by atoms with Crippen LogP contribution in [0.3, 0.4) is 0 Å². The lowest BCUT2D eigenvalue weighted by molar-refractivity contribution is -0.435. The molecule has 1 nitrogen and oxygen atoms in total. The molecular formula is C15H13F13O. The molecule has 14 heteroatoms. The maximum atomic E-state index is 13.6. The zero-order chi connectivity index (χ0) is 23.7. The minimum absolute atomic E-state index is 0.0646. The molecule has 0 aliphatic heterocycles. The van der Waals surface area contributed by atoms with E-state index in [1.54, 1.807) is 12.7 Å². The zero-order valence-electron chi connectivity index (χ0n) is 14.5. The normalized spacial score (nSPS) is 14.4. The van der Waals surface area contributed by atoms with Crippen molar-refractivity contribution in [2.75, 3.05) is 0 Å². The smallest absolute Gasteiger partial charge is 0.287 e. The monoisotopic (exact) mass is 456 g/mol. The highest BCUT2D eigenvalue weighted by atomic mass is 19.4. The van der Waals surface area contributed by atoms with Crippen LogP contribution < -0.4 is 0 Å². The van der Waals surface area contributed by atoms with Crippen molar-refractivity contribution in [1.82, 2.24) is 0 Å². The summed E-state index contributed by atoms with van der Waals surface area (Å²) in [7, 11) is 0. The summed E-state index contributed by atoms with van der Waals surface area (Å²) in [5.41, 5.74) is 0.243. The molecule has 0 spiro atoms. The van der Waals surface area contributed by atoms with Gasteiger partial charge in [-0.2, -0.15) is 57.1 Å². The first kappa shape index (κ1) is 27.3. The topological polar surface area (TPSA) is 17.1 Å². The first-order valence-electron chi connectivity index (χ1n) is 7.56. The van der Waals surface area contributed by atoms with Gasteiger partial charge < -0.3 is 0 Å². The second-order valence-corrected chi connectivity index (χ2v) is 5.81. The van der Waals surface area contributed by atoms with E-state index >= 15 is 0 Å². The van der Waals surface area contributed by atoms with Gasteiger partial charge in [0.05, 0.1) is 0 Å². The van der Waals surface area contributed by atoms with Gasteiger partial charge in [0.25, 0.3) is 0 Å². The van der Waals surface area contributed by atoms with Crippen molar-refractivity contribution in [3.05, 3.63) is 17.4 Å². The fourth-order valence-corrected chi connectivity index (χ4v) is 1.74.